The molecule has 1 amide bonds. The van der Waals surface area contributed by atoms with E-state index < -0.39 is 0 Å². The number of rotatable bonds is 4. The second-order valence-corrected chi connectivity index (χ2v) is 8.31. The van der Waals surface area contributed by atoms with Gasteiger partial charge in [-0.2, -0.15) is 5.10 Å². The molecule has 6 nitrogen and oxygen atoms in total. The van der Waals surface area contributed by atoms with E-state index in [-0.39, 0.29) is 11.4 Å². The Bertz CT molecular complexity index is 958. The Morgan fingerprint density at radius 3 is 2.69 bits per heavy atom. The first-order valence-electron chi connectivity index (χ1n) is 8.45. The minimum absolute atomic E-state index is 0.0176. The molecule has 3 rings (SSSR count). The SMILES string of the molecule is Cc1ccc(-n2ncc3c(SCC(=O)NC(C)(C)C)ncnc32)c(C)c1. The van der Waals surface area contributed by atoms with E-state index in [2.05, 4.69) is 46.4 Å². The van der Waals surface area contributed by atoms with Gasteiger partial charge in [0.25, 0.3) is 0 Å². The lowest BCUT2D eigenvalue weighted by atomic mass is 10.1. The lowest BCUT2D eigenvalue weighted by Crippen LogP contribution is -2.41. The molecule has 0 bridgehead atoms. The summed E-state index contributed by atoms with van der Waals surface area (Å²) in [5, 5.41) is 9.07. The van der Waals surface area contributed by atoms with Crippen molar-refractivity contribution in [3.63, 3.8) is 0 Å². The molecule has 0 radical (unpaired) electrons. The van der Waals surface area contributed by atoms with Crippen LogP contribution in [0.3, 0.4) is 0 Å². The molecule has 2 aromatic heterocycles. The molecular formula is C19H23N5OS. The highest BCUT2D eigenvalue weighted by molar-refractivity contribution is 8.00. The Hall–Kier alpha value is -2.41. The Balaban J connectivity index is 1.88. The number of thioether (sulfide) groups is 1. The summed E-state index contributed by atoms with van der Waals surface area (Å²) in [7, 11) is 0. The molecule has 0 aliphatic rings. The van der Waals surface area contributed by atoms with Crippen LogP contribution in [0, 0.1) is 13.8 Å². The number of nitrogens with zero attached hydrogens (tertiary/aromatic N) is 4. The van der Waals surface area contributed by atoms with Crippen molar-refractivity contribution in [1.29, 1.82) is 0 Å². The van der Waals surface area contributed by atoms with Crippen LogP contribution in [-0.2, 0) is 4.79 Å². The predicted octanol–water partition coefficient (Wildman–Crippen LogP) is 3.44. The molecule has 1 aromatic carbocycles. The van der Waals surface area contributed by atoms with Crippen LogP contribution in [0.1, 0.15) is 31.9 Å². The van der Waals surface area contributed by atoms with E-state index in [4.69, 9.17) is 0 Å². The minimum Gasteiger partial charge on any atom is -0.351 e. The fraction of sp³-hybridized carbons (Fsp3) is 0.368. The first kappa shape index (κ1) is 18.4. The average Bonchev–Trinajstić information content (AvgIpc) is 2.96. The minimum atomic E-state index is -0.244. The van der Waals surface area contributed by atoms with Gasteiger partial charge in [0.15, 0.2) is 5.65 Å². The molecule has 136 valence electrons. The zero-order valence-corrected chi connectivity index (χ0v) is 16.5. The van der Waals surface area contributed by atoms with Crippen molar-refractivity contribution in [3.05, 3.63) is 41.9 Å². The number of fused-ring (bicyclic) bond motifs is 1. The summed E-state index contributed by atoms with van der Waals surface area (Å²) >= 11 is 1.40. The van der Waals surface area contributed by atoms with E-state index in [0.717, 1.165) is 27.3 Å². The standard InChI is InChI=1S/C19H23N5OS/c1-12-6-7-15(13(2)8-12)24-17-14(9-22-24)18(21-11-20-17)26-10-16(25)23-19(3,4)5/h6-9,11H,10H2,1-5H3,(H,23,25). The second kappa shape index (κ2) is 7.07. The summed E-state index contributed by atoms with van der Waals surface area (Å²) in [6.45, 7) is 10.0. The first-order chi connectivity index (χ1) is 12.2. The van der Waals surface area contributed by atoms with Gasteiger partial charge in [-0.25, -0.2) is 14.6 Å². The van der Waals surface area contributed by atoms with Gasteiger partial charge in [-0.1, -0.05) is 29.5 Å². The van der Waals surface area contributed by atoms with Crippen molar-refractivity contribution in [1.82, 2.24) is 25.1 Å². The van der Waals surface area contributed by atoms with Crippen LogP contribution < -0.4 is 5.32 Å². The van der Waals surface area contributed by atoms with Gasteiger partial charge in [0.05, 0.1) is 23.0 Å². The fourth-order valence-corrected chi connectivity index (χ4v) is 3.51. The van der Waals surface area contributed by atoms with E-state index in [0.29, 0.717) is 5.75 Å². The van der Waals surface area contributed by atoms with Crippen LogP contribution in [0.25, 0.3) is 16.7 Å². The predicted molar refractivity (Wildman–Crippen MR) is 105 cm³/mol. The Kier molecular flexibility index (Phi) is 5.00. The molecule has 7 heteroatoms. The molecule has 0 aliphatic carbocycles. The van der Waals surface area contributed by atoms with Crippen molar-refractivity contribution < 1.29 is 4.79 Å². The van der Waals surface area contributed by atoms with Gasteiger partial charge in [0.2, 0.25) is 5.91 Å². The largest absolute Gasteiger partial charge is 0.351 e. The van der Waals surface area contributed by atoms with Gasteiger partial charge in [0.1, 0.15) is 11.4 Å². The molecule has 0 saturated heterocycles. The first-order valence-corrected chi connectivity index (χ1v) is 9.43. The topological polar surface area (TPSA) is 72.7 Å². The summed E-state index contributed by atoms with van der Waals surface area (Å²) in [4.78, 5) is 20.8. The third-order valence-electron chi connectivity index (χ3n) is 3.76. The molecule has 0 fully saturated rings. The average molecular weight is 369 g/mol. The fourth-order valence-electron chi connectivity index (χ4n) is 2.75. The number of aromatic nitrogens is 4. The number of benzene rings is 1. The van der Waals surface area contributed by atoms with E-state index >= 15 is 0 Å². The third-order valence-corrected chi connectivity index (χ3v) is 4.77. The lowest BCUT2D eigenvalue weighted by molar-refractivity contribution is -0.119. The van der Waals surface area contributed by atoms with Crippen LogP contribution >= 0.6 is 11.8 Å². The smallest absolute Gasteiger partial charge is 0.230 e. The summed E-state index contributed by atoms with van der Waals surface area (Å²) in [5.41, 5.74) is 3.83. The highest BCUT2D eigenvalue weighted by Crippen LogP contribution is 2.26. The zero-order chi connectivity index (χ0) is 18.9. The summed E-state index contributed by atoms with van der Waals surface area (Å²) < 4.78 is 1.82. The maximum atomic E-state index is 12.1. The van der Waals surface area contributed by atoms with Crippen LogP contribution in [-0.4, -0.2) is 36.9 Å². The lowest BCUT2D eigenvalue weighted by Gasteiger charge is -2.20. The van der Waals surface area contributed by atoms with Crippen LogP contribution in [0.4, 0.5) is 0 Å². The molecule has 0 aliphatic heterocycles. The van der Waals surface area contributed by atoms with E-state index in [9.17, 15) is 4.79 Å². The van der Waals surface area contributed by atoms with Gasteiger partial charge < -0.3 is 5.32 Å². The Labute approximate surface area is 157 Å². The summed E-state index contributed by atoms with van der Waals surface area (Å²) in [6.07, 6.45) is 3.28. The van der Waals surface area contributed by atoms with Crippen molar-refractivity contribution in [2.75, 3.05) is 5.75 Å². The maximum Gasteiger partial charge on any atom is 0.230 e. The second-order valence-electron chi connectivity index (χ2n) is 7.35. The monoisotopic (exact) mass is 369 g/mol. The number of amides is 1. The summed E-state index contributed by atoms with van der Waals surface area (Å²) in [5.74, 6) is 0.286. The van der Waals surface area contributed by atoms with Crippen molar-refractivity contribution >= 4 is 28.7 Å². The number of hydrogen-bond acceptors (Lipinski definition) is 5. The van der Waals surface area contributed by atoms with Crippen molar-refractivity contribution in [3.8, 4) is 5.69 Å². The highest BCUT2D eigenvalue weighted by Gasteiger charge is 2.16. The van der Waals surface area contributed by atoms with Gasteiger partial charge in [-0.3, -0.25) is 4.79 Å². The Morgan fingerprint density at radius 1 is 1.23 bits per heavy atom. The molecule has 2 heterocycles. The van der Waals surface area contributed by atoms with Crippen molar-refractivity contribution in [2.24, 2.45) is 0 Å². The van der Waals surface area contributed by atoms with Crippen LogP contribution in [0.2, 0.25) is 0 Å². The molecule has 0 spiro atoms. The molecule has 1 N–H and O–H groups in total. The molecule has 3 aromatic rings. The van der Waals surface area contributed by atoms with Crippen LogP contribution in [0.5, 0.6) is 0 Å². The maximum absolute atomic E-state index is 12.1. The van der Waals surface area contributed by atoms with Crippen molar-refractivity contribution in [2.45, 2.75) is 45.2 Å². The quantitative estimate of drug-likeness (QED) is 0.563. The van der Waals surface area contributed by atoms with Gasteiger partial charge >= 0.3 is 0 Å². The number of carbonyl (C=O) groups is 1. The third kappa shape index (κ3) is 4.04. The van der Waals surface area contributed by atoms with E-state index in [1.54, 1.807) is 6.20 Å². The molecular weight excluding hydrogens is 346 g/mol. The van der Waals surface area contributed by atoms with Crippen LogP contribution in [0.15, 0.2) is 35.7 Å². The van der Waals surface area contributed by atoms with Gasteiger partial charge in [-0.15, -0.1) is 0 Å². The van der Waals surface area contributed by atoms with E-state index in [1.165, 1.54) is 23.7 Å². The van der Waals surface area contributed by atoms with Gasteiger partial charge in [0, 0.05) is 5.54 Å². The highest BCUT2D eigenvalue weighted by atomic mass is 32.2. The number of carbonyl (C=O) groups excluding carboxylic acids is 1. The normalized spacial score (nSPS) is 11.7. The summed E-state index contributed by atoms with van der Waals surface area (Å²) in [6, 6.07) is 6.23. The number of aryl methyl sites for hydroxylation is 2. The number of nitrogens with one attached hydrogen (secondary N) is 1. The number of hydrogen-bond donors (Lipinski definition) is 1. The van der Waals surface area contributed by atoms with Gasteiger partial charge in [-0.05, 0) is 46.2 Å². The van der Waals surface area contributed by atoms with E-state index in [1.807, 2.05) is 31.5 Å². The molecule has 0 atom stereocenters. The molecule has 0 unspecified atom stereocenters. The zero-order valence-electron chi connectivity index (χ0n) is 15.7. The molecule has 0 saturated carbocycles. The Morgan fingerprint density at radius 2 is 2.00 bits per heavy atom. The molecule has 26 heavy (non-hydrogen) atoms.